The normalized spacial score (nSPS) is 15.8. The van der Waals surface area contributed by atoms with E-state index in [4.69, 9.17) is 0 Å². The van der Waals surface area contributed by atoms with Gasteiger partial charge in [0.25, 0.3) is 0 Å². The van der Waals surface area contributed by atoms with Gasteiger partial charge in [-0.15, -0.1) is 0 Å². The Morgan fingerprint density at radius 2 is 1.93 bits per heavy atom. The molecule has 1 aromatic rings. The molecule has 1 heterocycles. The van der Waals surface area contributed by atoms with Gasteiger partial charge in [-0.25, -0.2) is 4.99 Å². The van der Waals surface area contributed by atoms with Crippen molar-refractivity contribution in [2.45, 2.75) is 59.0 Å². The Morgan fingerprint density at radius 1 is 1.18 bits per heavy atom. The van der Waals surface area contributed by atoms with Crippen LogP contribution in [0.1, 0.15) is 57.1 Å². The molecule has 0 radical (unpaired) electrons. The van der Waals surface area contributed by atoms with E-state index in [0.29, 0.717) is 25.4 Å². The number of aliphatic imine (C=N–C) groups is 1. The van der Waals surface area contributed by atoms with Crippen LogP contribution in [-0.2, 0) is 17.9 Å². The molecule has 1 aliphatic rings. The van der Waals surface area contributed by atoms with Crippen molar-refractivity contribution in [1.29, 1.82) is 0 Å². The summed E-state index contributed by atoms with van der Waals surface area (Å²) in [7, 11) is 0. The number of nitrogens with one attached hydrogen (secondary N) is 2. The largest absolute Gasteiger partial charge is 0.396 e. The van der Waals surface area contributed by atoms with E-state index in [0.717, 1.165) is 56.8 Å². The maximum atomic E-state index is 11.8. The van der Waals surface area contributed by atoms with Gasteiger partial charge in [-0.3, -0.25) is 4.79 Å². The lowest BCUT2D eigenvalue weighted by molar-refractivity contribution is -0.128. The Balaban J connectivity index is 1.87. The molecule has 0 bridgehead atoms. The highest BCUT2D eigenvalue weighted by Gasteiger charge is 2.19. The SMILES string of the molecule is CCCC(CCO)CNC(=NCc1ccc(CN2CCCC2=O)cc1)NCC. The minimum absolute atomic E-state index is 0.232. The number of amides is 1. The van der Waals surface area contributed by atoms with Crippen molar-refractivity contribution < 1.29 is 9.90 Å². The molecule has 1 aliphatic heterocycles. The van der Waals surface area contributed by atoms with Gasteiger partial charge >= 0.3 is 0 Å². The van der Waals surface area contributed by atoms with Crippen LogP contribution in [0.2, 0.25) is 0 Å². The summed E-state index contributed by atoms with van der Waals surface area (Å²) in [6.07, 6.45) is 4.71. The molecule has 6 heteroatoms. The number of carbonyl (C=O) groups excluding carboxylic acids is 1. The van der Waals surface area contributed by atoms with Crippen molar-refractivity contribution in [1.82, 2.24) is 15.5 Å². The van der Waals surface area contributed by atoms with Crippen LogP contribution in [0.5, 0.6) is 0 Å². The predicted octanol–water partition coefficient (Wildman–Crippen LogP) is 2.66. The predicted molar refractivity (Wildman–Crippen MR) is 114 cm³/mol. The van der Waals surface area contributed by atoms with E-state index in [1.165, 1.54) is 5.56 Å². The number of aliphatic hydroxyl groups excluding tert-OH is 1. The number of carbonyl (C=O) groups is 1. The summed E-state index contributed by atoms with van der Waals surface area (Å²) in [6.45, 7) is 8.28. The van der Waals surface area contributed by atoms with E-state index in [1.54, 1.807) is 0 Å². The molecule has 2 rings (SSSR count). The topological polar surface area (TPSA) is 77.0 Å². The summed E-state index contributed by atoms with van der Waals surface area (Å²) in [6, 6.07) is 8.37. The summed E-state index contributed by atoms with van der Waals surface area (Å²) in [5, 5.41) is 15.9. The van der Waals surface area contributed by atoms with Gasteiger partial charge in [0.05, 0.1) is 6.54 Å². The molecule has 1 amide bonds. The van der Waals surface area contributed by atoms with Crippen molar-refractivity contribution in [3.8, 4) is 0 Å². The van der Waals surface area contributed by atoms with Gasteiger partial charge in [-0.05, 0) is 43.2 Å². The fraction of sp³-hybridized carbons (Fsp3) is 0.636. The van der Waals surface area contributed by atoms with E-state index in [2.05, 4.69) is 53.7 Å². The van der Waals surface area contributed by atoms with Crippen molar-refractivity contribution in [2.24, 2.45) is 10.9 Å². The molecule has 0 aromatic heterocycles. The number of nitrogens with zero attached hydrogens (tertiary/aromatic N) is 2. The van der Waals surface area contributed by atoms with Crippen molar-refractivity contribution in [2.75, 3.05) is 26.2 Å². The Morgan fingerprint density at radius 3 is 2.54 bits per heavy atom. The summed E-state index contributed by atoms with van der Waals surface area (Å²) in [5.41, 5.74) is 2.31. The molecule has 1 atom stereocenters. The third-order valence-corrected chi connectivity index (χ3v) is 5.12. The van der Waals surface area contributed by atoms with Crippen LogP contribution in [-0.4, -0.2) is 48.1 Å². The van der Waals surface area contributed by atoms with Crippen LogP contribution in [0.4, 0.5) is 0 Å². The summed E-state index contributed by atoms with van der Waals surface area (Å²) < 4.78 is 0. The molecule has 3 N–H and O–H groups in total. The van der Waals surface area contributed by atoms with Crippen LogP contribution >= 0.6 is 0 Å². The van der Waals surface area contributed by atoms with Crippen LogP contribution in [0.25, 0.3) is 0 Å². The number of hydrogen-bond acceptors (Lipinski definition) is 3. The first-order chi connectivity index (χ1) is 13.7. The van der Waals surface area contributed by atoms with Gasteiger partial charge in [-0.2, -0.15) is 0 Å². The molecule has 6 nitrogen and oxygen atoms in total. The number of rotatable bonds is 11. The lowest BCUT2D eigenvalue weighted by Gasteiger charge is -2.18. The molecule has 1 unspecified atom stereocenters. The highest BCUT2D eigenvalue weighted by Crippen LogP contribution is 2.15. The fourth-order valence-corrected chi connectivity index (χ4v) is 3.53. The number of aliphatic hydroxyl groups is 1. The first kappa shape index (κ1) is 22.2. The maximum absolute atomic E-state index is 11.8. The minimum Gasteiger partial charge on any atom is -0.396 e. The summed E-state index contributed by atoms with van der Waals surface area (Å²) in [4.78, 5) is 18.4. The van der Waals surface area contributed by atoms with Gasteiger partial charge < -0.3 is 20.6 Å². The van der Waals surface area contributed by atoms with Gasteiger partial charge in [0, 0.05) is 39.2 Å². The Bertz CT molecular complexity index is 609. The molecule has 1 saturated heterocycles. The number of hydrogen-bond donors (Lipinski definition) is 3. The van der Waals surface area contributed by atoms with Gasteiger partial charge in [0.15, 0.2) is 5.96 Å². The van der Waals surface area contributed by atoms with Crippen molar-refractivity contribution in [3.05, 3.63) is 35.4 Å². The number of guanidine groups is 1. The first-order valence-electron chi connectivity index (χ1n) is 10.6. The van der Waals surface area contributed by atoms with Crippen LogP contribution < -0.4 is 10.6 Å². The molecule has 0 spiro atoms. The molecule has 1 fully saturated rings. The van der Waals surface area contributed by atoms with E-state index in [1.807, 2.05) is 4.90 Å². The van der Waals surface area contributed by atoms with Crippen molar-refractivity contribution >= 4 is 11.9 Å². The monoisotopic (exact) mass is 388 g/mol. The Kier molecular flexibility index (Phi) is 9.83. The first-order valence-corrected chi connectivity index (χ1v) is 10.6. The highest BCUT2D eigenvalue weighted by molar-refractivity contribution is 5.79. The van der Waals surface area contributed by atoms with E-state index >= 15 is 0 Å². The maximum Gasteiger partial charge on any atom is 0.222 e. The third kappa shape index (κ3) is 7.50. The quantitative estimate of drug-likeness (QED) is 0.402. The second-order valence-corrected chi connectivity index (χ2v) is 7.48. The van der Waals surface area contributed by atoms with Gasteiger partial charge in [0.2, 0.25) is 5.91 Å². The molecule has 28 heavy (non-hydrogen) atoms. The van der Waals surface area contributed by atoms with E-state index in [-0.39, 0.29) is 12.5 Å². The fourth-order valence-electron chi connectivity index (χ4n) is 3.53. The highest BCUT2D eigenvalue weighted by atomic mass is 16.3. The number of likely N-dealkylation sites (tertiary alicyclic amines) is 1. The van der Waals surface area contributed by atoms with Crippen LogP contribution in [0.3, 0.4) is 0 Å². The Labute approximate surface area is 169 Å². The van der Waals surface area contributed by atoms with E-state index in [9.17, 15) is 9.90 Å². The van der Waals surface area contributed by atoms with Crippen LogP contribution in [0.15, 0.2) is 29.3 Å². The zero-order valence-corrected chi connectivity index (χ0v) is 17.4. The third-order valence-electron chi connectivity index (χ3n) is 5.12. The summed E-state index contributed by atoms with van der Waals surface area (Å²) in [5.74, 6) is 1.54. The standard InChI is InChI=1S/C22H36N4O2/c1-3-6-18(12-14-27)15-24-22(23-4-2)25-16-19-8-10-20(11-9-19)17-26-13-5-7-21(26)28/h8-11,18,27H,3-7,12-17H2,1-2H3,(H2,23,24,25). The van der Waals surface area contributed by atoms with Gasteiger partial charge in [-0.1, -0.05) is 37.6 Å². The molecular weight excluding hydrogens is 352 g/mol. The van der Waals surface area contributed by atoms with Gasteiger partial charge in [0.1, 0.15) is 0 Å². The molecule has 0 saturated carbocycles. The molecular formula is C22H36N4O2. The lowest BCUT2D eigenvalue weighted by atomic mass is 10.0. The average Bonchev–Trinajstić information content (AvgIpc) is 3.10. The number of benzene rings is 1. The average molecular weight is 389 g/mol. The summed E-state index contributed by atoms with van der Waals surface area (Å²) >= 11 is 0. The minimum atomic E-state index is 0.232. The van der Waals surface area contributed by atoms with Crippen molar-refractivity contribution in [3.63, 3.8) is 0 Å². The molecule has 0 aliphatic carbocycles. The second kappa shape index (κ2) is 12.4. The Hall–Kier alpha value is -2.08. The zero-order valence-electron chi connectivity index (χ0n) is 17.4. The molecule has 1 aromatic carbocycles. The zero-order chi connectivity index (χ0) is 20.2. The lowest BCUT2D eigenvalue weighted by Crippen LogP contribution is -2.40. The second-order valence-electron chi connectivity index (χ2n) is 7.48. The molecule has 156 valence electrons. The van der Waals surface area contributed by atoms with Crippen LogP contribution in [0, 0.1) is 5.92 Å². The van der Waals surface area contributed by atoms with E-state index < -0.39 is 0 Å². The smallest absolute Gasteiger partial charge is 0.222 e.